The standard InChI is InChI=1S/C15H13NO3S/c17-15(18)11-8-12-6-9-14(10-7-12)20(19)16-13-4-2-1-3-5-13/h1-11,16H,(H,17,18)/b11-8+. The lowest BCUT2D eigenvalue weighted by Crippen LogP contribution is -2.04. The van der Waals surface area contributed by atoms with Gasteiger partial charge in [0.05, 0.1) is 4.90 Å². The third-order valence-corrected chi connectivity index (χ3v) is 3.62. The fraction of sp³-hybridized carbons (Fsp3) is 0. The molecule has 0 saturated carbocycles. The summed E-state index contributed by atoms with van der Waals surface area (Å²) in [5.74, 6) is -0.997. The minimum absolute atomic E-state index is 0.626. The van der Waals surface area contributed by atoms with Crippen molar-refractivity contribution in [2.45, 2.75) is 4.90 Å². The monoisotopic (exact) mass is 287 g/mol. The van der Waals surface area contributed by atoms with Crippen molar-refractivity contribution in [3.8, 4) is 0 Å². The molecule has 0 aliphatic carbocycles. The summed E-state index contributed by atoms with van der Waals surface area (Å²) in [5, 5.41) is 8.54. The Kier molecular flexibility index (Phi) is 4.68. The minimum Gasteiger partial charge on any atom is -0.478 e. The molecule has 1 atom stereocenters. The highest BCUT2D eigenvalue weighted by molar-refractivity contribution is 7.86. The number of carboxylic acid groups (broad SMARTS) is 1. The second-order valence-corrected chi connectivity index (χ2v) is 5.19. The zero-order valence-electron chi connectivity index (χ0n) is 10.5. The molecular weight excluding hydrogens is 274 g/mol. The van der Waals surface area contributed by atoms with Crippen LogP contribution in [0.4, 0.5) is 5.69 Å². The van der Waals surface area contributed by atoms with E-state index in [1.807, 2.05) is 30.3 Å². The number of para-hydroxylation sites is 1. The zero-order chi connectivity index (χ0) is 14.4. The molecule has 1 unspecified atom stereocenters. The van der Waals surface area contributed by atoms with Crippen LogP contribution in [0.2, 0.25) is 0 Å². The molecule has 2 rings (SSSR count). The molecule has 2 aromatic carbocycles. The summed E-state index contributed by atoms with van der Waals surface area (Å²) in [6.45, 7) is 0. The van der Waals surface area contributed by atoms with Gasteiger partial charge in [0.2, 0.25) is 0 Å². The Morgan fingerprint density at radius 1 is 1.05 bits per heavy atom. The Labute approximate surface area is 119 Å². The molecule has 0 heterocycles. The topological polar surface area (TPSA) is 66.4 Å². The molecular formula is C15H13NO3S. The third kappa shape index (κ3) is 4.07. The second kappa shape index (κ2) is 6.68. The van der Waals surface area contributed by atoms with Crippen LogP contribution in [-0.2, 0) is 15.8 Å². The molecule has 2 N–H and O–H groups in total. The fourth-order valence-corrected chi connectivity index (χ4v) is 2.39. The summed E-state index contributed by atoms with van der Waals surface area (Å²) >= 11 is 0. The Bertz CT molecular complexity index is 636. The Morgan fingerprint density at radius 2 is 1.70 bits per heavy atom. The lowest BCUT2D eigenvalue weighted by Gasteiger charge is -2.05. The van der Waals surface area contributed by atoms with Gasteiger partial charge in [-0.15, -0.1) is 0 Å². The smallest absolute Gasteiger partial charge is 0.328 e. The van der Waals surface area contributed by atoms with Crippen LogP contribution >= 0.6 is 0 Å². The van der Waals surface area contributed by atoms with Crippen molar-refractivity contribution in [1.29, 1.82) is 0 Å². The molecule has 20 heavy (non-hydrogen) atoms. The van der Waals surface area contributed by atoms with Crippen molar-refractivity contribution in [2.75, 3.05) is 4.72 Å². The van der Waals surface area contributed by atoms with Crippen molar-refractivity contribution in [1.82, 2.24) is 0 Å². The summed E-state index contributed by atoms with van der Waals surface area (Å²) in [7, 11) is -1.35. The van der Waals surface area contributed by atoms with Gasteiger partial charge in [0.25, 0.3) is 0 Å². The number of anilines is 1. The maximum absolute atomic E-state index is 12.1. The molecule has 5 heteroatoms. The van der Waals surface area contributed by atoms with Crippen LogP contribution in [0.3, 0.4) is 0 Å². The van der Waals surface area contributed by atoms with Crippen molar-refractivity contribution in [2.24, 2.45) is 0 Å². The molecule has 0 spiro atoms. The Balaban J connectivity index is 2.06. The first-order chi connectivity index (χ1) is 9.65. The van der Waals surface area contributed by atoms with Crippen LogP contribution in [-0.4, -0.2) is 15.3 Å². The van der Waals surface area contributed by atoms with Crippen LogP contribution in [0.15, 0.2) is 65.6 Å². The fourth-order valence-electron chi connectivity index (χ4n) is 1.54. The largest absolute Gasteiger partial charge is 0.478 e. The summed E-state index contributed by atoms with van der Waals surface area (Å²) in [6.07, 6.45) is 2.55. The van der Waals surface area contributed by atoms with Crippen LogP contribution in [0, 0.1) is 0 Å². The predicted molar refractivity (Wildman–Crippen MR) is 79.6 cm³/mol. The van der Waals surface area contributed by atoms with Crippen molar-refractivity contribution < 1.29 is 14.1 Å². The molecule has 0 radical (unpaired) electrons. The van der Waals surface area contributed by atoms with E-state index in [-0.39, 0.29) is 0 Å². The second-order valence-electron chi connectivity index (χ2n) is 3.98. The average Bonchev–Trinajstić information content (AvgIpc) is 2.46. The van der Waals surface area contributed by atoms with Gasteiger partial charge in [-0.05, 0) is 35.9 Å². The van der Waals surface area contributed by atoms with Gasteiger partial charge in [-0.25, -0.2) is 9.00 Å². The highest BCUT2D eigenvalue weighted by Crippen LogP contribution is 2.13. The van der Waals surface area contributed by atoms with Crippen molar-refractivity contribution in [3.05, 3.63) is 66.2 Å². The van der Waals surface area contributed by atoms with E-state index >= 15 is 0 Å². The molecule has 0 saturated heterocycles. The third-order valence-electron chi connectivity index (χ3n) is 2.50. The Hall–Kier alpha value is -2.40. The molecule has 0 aliphatic rings. The first-order valence-electron chi connectivity index (χ1n) is 5.90. The molecule has 0 amide bonds. The van der Waals surface area contributed by atoms with Crippen LogP contribution < -0.4 is 4.72 Å². The van der Waals surface area contributed by atoms with E-state index < -0.39 is 17.0 Å². The van der Waals surface area contributed by atoms with Gasteiger partial charge in [0.1, 0.15) is 11.0 Å². The lowest BCUT2D eigenvalue weighted by atomic mass is 10.2. The van der Waals surface area contributed by atoms with E-state index in [4.69, 9.17) is 5.11 Å². The van der Waals surface area contributed by atoms with Gasteiger partial charge in [-0.1, -0.05) is 30.3 Å². The number of hydrogen-bond donors (Lipinski definition) is 2. The maximum atomic E-state index is 12.1. The van der Waals surface area contributed by atoms with Crippen molar-refractivity contribution >= 4 is 28.7 Å². The van der Waals surface area contributed by atoms with E-state index in [1.54, 1.807) is 24.3 Å². The molecule has 0 aromatic heterocycles. The predicted octanol–water partition coefficient (Wildman–Crippen LogP) is 2.92. The SMILES string of the molecule is O=C(O)/C=C/c1ccc(S(=O)Nc2ccccc2)cc1. The number of carbonyl (C=O) groups is 1. The first-order valence-corrected chi connectivity index (χ1v) is 7.05. The molecule has 102 valence electrons. The van der Waals surface area contributed by atoms with Gasteiger partial charge in [-0.2, -0.15) is 0 Å². The summed E-state index contributed by atoms with van der Waals surface area (Å²) < 4.78 is 15.0. The summed E-state index contributed by atoms with van der Waals surface area (Å²) in [6, 6.07) is 16.1. The number of benzene rings is 2. The highest BCUT2D eigenvalue weighted by atomic mass is 32.2. The number of hydrogen-bond acceptors (Lipinski definition) is 2. The van der Waals surface area contributed by atoms with E-state index in [2.05, 4.69) is 4.72 Å². The van der Waals surface area contributed by atoms with Crippen LogP contribution in [0.5, 0.6) is 0 Å². The molecule has 0 aliphatic heterocycles. The summed E-state index contributed by atoms with van der Waals surface area (Å²) in [5.41, 5.74) is 1.52. The summed E-state index contributed by atoms with van der Waals surface area (Å²) in [4.78, 5) is 11.0. The van der Waals surface area contributed by atoms with Gasteiger partial charge in [0, 0.05) is 11.8 Å². The maximum Gasteiger partial charge on any atom is 0.328 e. The average molecular weight is 287 g/mol. The number of nitrogens with one attached hydrogen (secondary N) is 1. The van der Waals surface area contributed by atoms with Gasteiger partial charge >= 0.3 is 5.97 Å². The highest BCUT2D eigenvalue weighted by Gasteiger charge is 2.03. The van der Waals surface area contributed by atoms with Gasteiger partial charge in [-0.3, -0.25) is 0 Å². The van der Waals surface area contributed by atoms with Gasteiger partial charge in [0.15, 0.2) is 0 Å². The first kappa shape index (κ1) is 14.0. The Morgan fingerprint density at radius 3 is 2.30 bits per heavy atom. The number of rotatable bonds is 5. The zero-order valence-corrected chi connectivity index (χ0v) is 11.3. The van der Waals surface area contributed by atoms with Gasteiger partial charge < -0.3 is 9.83 Å². The minimum atomic E-state index is -1.35. The molecule has 2 aromatic rings. The van der Waals surface area contributed by atoms with Crippen LogP contribution in [0.25, 0.3) is 6.08 Å². The molecule has 4 nitrogen and oxygen atoms in total. The van der Waals surface area contributed by atoms with E-state index in [0.717, 1.165) is 17.3 Å². The van der Waals surface area contributed by atoms with E-state index in [9.17, 15) is 9.00 Å². The van der Waals surface area contributed by atoms with E-state index in [0.29, 0.717) is 4.90 Å². The van der Waals surface area contributed by atoms with Crippen LogP contribution in [0.1, 0.15) is 5.56 Å². The van der Waals surface area contributed by atoms with Crippen molar-refractivity contribution in [3.63, 3.8) is 0 Å². The van der Waals surface area contributed by atoms with E-state index in [1.165, 1.54) is 6.08 Å². The number of aliphatic carboxylic acids is 1. The normalized spacial score (nSPS) is 12.2. The molecule has 0 bridgehead atoms. The molecule has 0 fully saturated rings. The number of carboxylic acids is 1. The lowest BCUT2D eigenvalue weighted by molar-refractivity contribution is -0.131. The quantitative estimate of drug-likeness (QED) is 0.831.